The first-order valence-corrected chi connectivity index (χ1v) is 9.92. The Balaban J connectivity index is 1.41. The Morgan fingerprint density at radius 3 is 2.93 bits per heavy atom. The fraction of sp³-hybridized carbons (Fsp3) is 0.524. The Morgan fingerprint density at radius 2 is 2.11 bits per heavy atom. The van der Waals surface area contributed by atoms with Crippen molar-refractivity contribution in [1.82, 2.24) is 9.97 Å². The monoisotopic (exact) mass is 367 g/mol. The zero-order valence-corrected chi connectivity index (χ0v) is 16.0. The number of nitrogens with zero attached hydrogens (tertiary/aromatic N) is 3. The quantitative estimate of drug-likeness (QED) is 0.784. The second-order valence-electron chi connectivity index (χ2n) is 7.60. The molecule has 1 fully saturated rings. The number of nitrogens with two attached hydrogens (primary N) is 1. The number of rotatable bonds is 7. The number of anilines is 2. The number of aryl methyl sites for hydroxylation is 1. The molecule has 0 saturated heterocycles. The summed E-state index contributed by atoms with van der Waals surface area (Å²) >= 11 is 0. The minimum Gasteiger partial charge on any atom is -0.377 e. The van der Waals surface area contributed by atoms with Gasteiger partial charge in [0.15, 0.2) is 5.82 Å². The van der Waals surface area contributed by atoms with Crippen LogP contribution in [0.15, 0.2) is 30.3 Å². The number of aromatic nitrogens is 2. The highest BCUT2D eigenvalue weighted by atomic mass is 16.5. The molecule has 2 aliphatic rings. The molecule has 1 aliphatic carbocycles. The van der Waals surface area contributed by atoms with Gasteiger partial charge < -0.3 is 20.7 Å². The summed E-state index contributed by atoms with van der Waals surface area (Å²) in [6.45, 7) is 3.36. The summed E-state index contributed by atoms with van der Waals surface area (Å²) in [7, 11) is 1.68. The molecule has 27 heavy (non-hydrogen) atoms. The lowest BCUT2D eigenvalue weighted by atomic mass is 9.78. The van der Waals surface area contributed by atoms with E-state index >= 15 is 0 Å². The SMILES string of the molecule is COCc1nc(NCCN2CCCc3ccccc32)cc(C2CC(N)C2)n1. The first-order valence-electron chi connectivity index (χ1n) is 9.92. The molecule has 2 aromatic rings. The zero-order valence-electron chi connectivity index (χ0n) is 16.0. The standard InChI is InChI=1S/C21H29N5O/c1-27-14-21-24-18(16-11-17(22)12-16)13-20(25-21)23-8-10-26-9-4-6-15-5-2-3-7-19(15)26/h2-3,5,7,13,16-17H,4,6,8-12,14,22H2,1H3,(H,23,24,25). The smallest absolute Gasteiger partial charge is 0.156 e. The van der Waals surface area contributed by atoms with E-state index < -0.39 is 0 Å². The van der Waals surface area contributed by atoms with Crippen molar-refractivity contribution in [3.05, 3.63) is 47.4 Å². The molecule has 1 saturated carbocycles. The van der Waals surface area contributed by atoms with Crippen molar-refractivity contribution in [2.75, 3.05) is 37.0 Å². The third-order valence-corrected chi connectivity index (χ3v) is 5.55. The molecule has 1 aromatic carbocycles. The predicted molar refractivity (Wildman–Crippen MR) is 108 cm³/mol. The molecule has 6 nitrogen and oxygen atoms in total. The highest BCUT2D eigenvalue weighted by Gasteiger charge is 2.29. The van der Waals surface area contributed by atoms with Gasteiger partial charge in [-0.1, -0.05) is 18.2 Å². The number of nitrogens with one attached hydrogen (secondary N) is 1. The van der Waals surface area contributed by atoms with Crippen molar-refractivity contribution in [3.8, 4) is 0 Å². The number of ether oxygens (including phenoxy) is 1. The Bertz CT molecular complexity index is 775. The third kappa shape index (κ3) is 4.22. The summed E-state index contributed by atoms with van der Waals surface area (Å²) in [5.41, 5.74) is 9.87. The van der Waals surface area contributed by atoms with Crippen LogP contribution in [-0.2, 0) is 17.8 Å². The molecule has 2 heterocycles. The number of methoxy groups -OCH3 is 1. The van der Waals surface area contributed by atoms with E-state index in [1.54, 1.807) is 7.11 Å². The topological polar surface area (TPSA) is 76.3 Å². The number of hydrogen-bond donors (Lipinski definition) is 2. The molecular formula is C21H29N5O. The van der Waals surface area contributed by atoms with Crippen LogP contribution in [0.4, 0.5) is 11.5 Å². The van der Waals surface area contributed by atoms with Gasteiger partial charge >= 0.3 is 0 Å². The van der Waals surface area contributed by atoms with Crippen molar-refractivity contribution < 1.29 is 4.74 Å². The van der Waals surface area contributed by atoms with Crippen molar-refractivity contribution in [3.63, 3.8) is 0 Å². The lowest BCUT2D eigenvalue weighted by molar-refractivity contribution is 0.177. The maximum Gasteiger partial charge on any atom is 0.156 e. The Kier molecular flexibility index (Phi) is 5.55. The van der Waals surface area contributed by atoms with Gasteiger partial charge in [0.1, 0.15) is 12.4 Å². The molecule has 6 heteroatoms. The molecule has 0 bridgehead atoms. The van der Waals surface area contributed by atoms with Crippen LogP contribution in [0.2, 0.25) is 0 Å². The summed E-state index contributed by atoms with van der Waals surface area (Å²) in [5.74, 6) is 2.08. The summed E-state index contributed by atoms with van der Waals surface area (Å²) in [5, 5.41) is 3.50. The molecule has 0 spiro atoms. The van der Waals surface area contributed by atoms with Crippen LogP contribution in [0.1, 0.15) is 42.3 Å². The first-order chi connectivity index (χ1) is 13.2. The summed E-state index contributed by atoms with van der Waals surface area (Å²) in [6.07, 6.45) is 4.41. The molecule has 0 unspecified atom stereocenters. The maximum absolute atomic E-state index is 5.95. The number of benzene rings is 1. The van der Waals surface area contributed by atoms with Crippen LogP contribution in [0.25, 0.3) is 0 Å². The highest BCUT2D eigenvalue weighted by Crippen LogP contribution is 2.35. The molecule has 1 aliphatic heterocycles. The van der Waals surface area contributed by atoms with Gasteiger partial charge in [0, 0.05) is 56.2 Å². The molecule has 1 aromatic heterocycles. The molecule has 0 atom stereocenters. The van der Waals surface area contributed by atoms with Crippen LogP contribution in [0.3, 0.4) is 0 Å². The second kappa shape index (κ2) is 8.23. The van der Waals surface area contributed by atoms with Gasteiger partial charge in [-0.2, -0.15) is 0 Å². The molecule has 0 radical (unpaired) electrons. The van der Waals surface area contributed by atoms with E-state index in [1.165, 1.54) is 24.1 Å². The van der Waals surface area contributed by atoms with Crippen molar-refractivity contribution >= 4 is 11.5 Å². The minimum atomic E-state index is 0.311. The zero-order chi connectivity index (χ0) is 18.6. The Hall–Kier alpha value is -2.18. The summed E-state index contributed by atoms with van der Waals surface area (Å²) in [4.78, 5) is 11.7. The third-order valence-electron chi connectivity index (χ3n) is 5.55. The largest absolute Gasteiger partial charge is 0.377 e. The van der Waals surface area contributed by atoms with Crippen LogP contribution in [-0.4, -0.2) is 42.8 Å². The van der Waals surface area contributed by atoms with Crippen LogP contribution in [0, 0.1) is 0 Å². The molecule has 4 rings (SSSR count). The lowest BCUT2D eigenvalue weighted by Crippen LogP contribution is -2.35. The van der Waals surface area contributed by atoms with Gasteiger partial charge in [-0.25, -0.2) is 9.97 Å². The minimum absolute atomic E-state index is 0.311. The molecular weight excluding hydrogens is 338 g/mol. The fourth-order valence-corrected chi connectivity index (χ4v) is 4.08. The number of hydrogen-bond acceptors (Lipinski definition) is 6. The van der Waals surface area contributed by atoms with Gasteiger partial charge in [0.2, 0.25) is 0 Å². The second-order valence-corrected chi connectivity index (χ2v) is 7.60. The maximum atomic E-state index is 5.95. The van der Waals surface area contributed by atoms with E-state index in [1.807, 2.05) is 0 Å². The molecule has 0 amide bonds. The van der Waals surface area contributed by atoms with E-state index in [0.717, 1.165) is 49.8 Å². The van der Waals surface area contributed by atoms with Crippen molar-refractivity contribution in [1.29, 1.82) is 0 Å². The van der Waals surface area contributed by atoms with Crippen LogP contribution >= 0.6 is 0 Å². The van der Waals surface area contributed by atoms with Crippen LogP contribution < -0.4 is 16.0 Å². The van der Waals surface area contributed by atoms with Crippen molar-refractivity contribution in [2.45, 2.75) is 44.2 Å². The summed E-state index contributed by atoms with van der Waals surface area (Å²) < 4.78 is 5.24. The van der Waals surface area contributed by atoms with E-state index in [2.05, 4.69) is 50.5 Å². The van der Waals surface area contributed by atoms with Gasteiger partial charge in [-0.15, -0.1) is 0 Å². The van der Waals surface area contributed by atoms with E-state index in [4.69, 9.17) is 10.5 Å². The van der Waals surface area contributed by atoms with Gasteiger partial charge in [0.25, 0.3) is 0 Å². The van der Waals surface area contributed by atoms with E-state index in [9.17, 15) is 0 Å². The van der Waals surface area contributed by atoms with Gasteiger partial charge in [-0.05, 0) is 37.3 Å². The summed E-state index contributed by atoms with van der Waals surface area (Å²) in [6, 6.07) is 11.1. The Labute approximate surface area is 161 Å². The molecule has 3 N–H and O–H groups in total. The molecule has 144 valence electrons. The van der Waals surface area contributed by atoms with Crippen LogP contribution in [0.5, 0.6) is 0 Å². The lowest BCUT2D eigenvalue weighted by Gasteiger charge is -2.32. The average Bonchev–Trinajstić information content (AvgIpc) is 2.66. The number of fused-ring (bicyclic) bond motifs is 1. The fourth-order valence-electron chi connectivity index (χ4n) is 4.08. The first kappa shape index (κ1) is 18.2. The van der Waals surface area contributed by atoms with E-state index in [-0.39, 0.29) is 0 Å². The normalized spacial score (nSPS) is 21.5. The predicted octanol–water partition coefficient (Wildman–Crippen LogP) is 2.69. The average molecular weight is 367 g/mol. The number of para-hydroxylation sites is 1. The highest BCUT2D eigenvalue weighted by molar-refractivity contribution is 5.55. The Morgan fingerprint density at radius 1 is 1.26 bits per heavy atom. The van der Waals surface area contributed by atoms with Gasteiger partial charge in [0.05, 0.1) is 0 Å². The van der Waals surface area contributed by atoms with Crippen molar-refractivity contribution in [2.24, 2.45) is 5.73 Å². The van der Waals surface area contributed by atoms with Gasteiger partial charge in [-0.3, -0.25) is 0 Å². The van der Waals surface area contributed by atoms with E-state index in [0.29, 0.717) is 18.6 Å².